The average molecular weight is 529 g/mol. The first-order valence-electron chi connectivity index (χ1n) is 11.1. The highest BCUT2D eigenvalue weighted by Crippen LogP contribution is 2.31. The van der Waals surface area contributed by atoms with Gasteiger partial charge in [0.1, 0.15) is 11.6 Å². The van der Waals surface area contributed by atoms with Crippen LogP contribution < -0.4 is 10.3 Å². The lowest BCUT2D eigenvalue weighted by molar-refractivity contribution is 0.216. The molecule has 162 valence electrons. The lowest BCUT2D eigenvalue weighted by atomic mass is 9.88. The van der Waals surface area contributed by atoms with E-state index in [4.69, 9.17) is 9.72 Å². The summed E-state index contributed by atoms with van der Waals surface area (Å²) in [5.74, 6) is 1.93. The predicted molar refractivity (Wildman–Crippen MR) is 134 cm³/mol. The average Bonchev–Trinajstić information content (AvgIpc) is 2.80. The molecule has 1 atom stereocenters. The molecule has 4 rings (SSSR count). The SMILES string of the molecule is CC[C@H](C)Oc1ccc(C=Nn2c(C3CCCCC3)nc3ccccc3c2=O)cc1I. The van der Waals surface area contributed by atoms with Crippen LogP contribution in [0.1, 0.15) is 69.7 Å². The zero-order chi connectivity index (χ0) is 21.8. The second-order valence-electron chi connectivity index (χ2n) is 8.21. The van der Waals surface area contributed by atoms with Crippen molar-refractivity contribution in [2.75, 3.05) is 0 Å². The van der Waals surface area contributed by atoms with Crippen LogP contribution in [0.4, 0.5) is 0 Å². The van der Waals surface area contributed by atoms with Gasteiger partial charge in [-0.1, -0.05) is 38.3 Å². The van der Waals surface area contributed by atoms with Crippen LogP contribution in [0.2, 0.25) is 0 Å². The summed E-state index contributed by atoms with van der Waals surface area (Å²) in [6.45, 7) is 4.18. The normalized spacial score (nSPS) is 16.1. The summed E-state index contributed by atoms with van der Waals surface area (Å²) in [5.41, 5.74) is 1.57. The lowest BCUT2D eigenvalue weighted by Crippen LogP contribution is -2.25. The van der Waals surface area contributed by atoms with Gasteiger partial charge in [0.25, 0.3) is 5.56 Å². The molecule has 3 aromatic rings. The van der Waals surface area contributed by atoms with Gasteiger partial charge in [0.05, 0.1) is 26.8 Å². The minimum atomic E-state index is -0.103. The summed E-state index contributed by atoms with van der Waals surface area (Å²) in [6.07, 6.45) is 8.59. The van der Waals surface area contributed by atoms with Crippen molar-refractivity contribution in [3.05, 3.63) is 67.8 Å². The third kappa shape index (κ3) is 5.00. The molecule has 5 nitrogen and oxygen atoms in total. The van der Waals surface area contributed by atoms with E-state index >= 15 is 0 Å². The minimum Gasteiger partial charge on any atom is -0.490 e. The standard InChI is InChI=1S/C25H28IN3O2/c1-3-17(2)31-23-14-13-18(15-21(23)26)16-27-29-24(19-9-5-4-6-10-19)28-22-12-8-7-11-20(22)25(29)30/h7-8,11-17,19H,3-6,9-10H2,1-2H3/t17-/m0/s1. The number of hydrogen-bond acceptors (Lipinski definition) is 4. The maximum atomic E-state index is 13.3. The summed E-state index contributed by atoms with van der Waals surface area (Å²) < 4.78 is 8.51. The third-order valence-corrected chi connectivity index (χ3v) is 6.77. The van der Waals surface area contributed by atoms with Gasteiger partial charge in [0, 0.05) is 5.92 Å². The van der Waals surface area contributed by atoms with Crippen LogP contribution in [0.5, 0.6) is 5.75 Å². The Hall–Kier alpha value is -2.22. The second-order valence-corrected chi connectivity index (χ2v) is 9.37. The molecule has 0 saturated heterocycles. The molecule has 1 fully saturated rings. The number of benzene rings is 2. The number of aromatic nitrogens is 2. The van der Waals surface area contributed by atoms with Gasteiger partial charge in [-0.15, -0.1) is 0 Å². The van der Waals surface area contributed by atoms with Crippen molar-refractivity contribution >= 4 is 39.7 Å². The van der Waals surface area contributed by atoms with Gasteiger partial charge >= 0.3 is 0 Å². The molecule has 1 heterocycles. The van der Waals surface area contributed by atoms with Crippen molar-refractivity contribution in [1.29, 1.82) is 0 Å². The lowest BCUT2D eigenvalue weighted by Gasteiger charge is -2.22. The van der Waals surface area contributed by atoms with Gasteiger partial charge in [-0.05, 0) is 84.7 Å². The van der Waals surface area contributed by atoms with E-state index in [0.717, 1.165) is 45.5 Å². The molecule has 31 heavy (non-hydrogen) atoms. The molecule has 1 saturated carbocycles. The van der Waals surface area contributed by atoms with E-state index in [1.807, 2.05) is 42.5 Å². The first-order valence-corrected chi connectivity index (χ1v) is 12.2. The fourth-order valence-electron chi connectivity index (χ4n) is 3.99. The molecule has 0 aliphatic heterocycles. The van der Waals surface area contributed by atoms with Crippen LogP contribution in [0.25, 0.3) is 10.9 Å². The maximum absolute atomic E-state index is 13.3. The molecular formula is C25H28IN3O2. The second kappa shape index (κ2) is 9.94. The van der Waals surface area contributed by atoms with E-state index in [1.165, 1.54) is 23.9 Å². The fraction of sp³-hybridized carbons (Fsp3) is 0.400. The van der Waals surface area contributed by atoms with Crippen molar-refractivity contribution in [2.45, 2.75) is 64.4 Å². The van der Waals surface area contributed by atoms with Gasteiger partial charge in [0.2, 0.25) is 0 Å². The van der Waals surface area contributed by atoms with Gasteiger partial charge in [-0.25, -0.2) is 4.98 Å². The number of halogens is 1. The predicted octanol–water partition coefficient (Wildman–Crippen LogP) is 6.11. The zero-order valence-electron chi connectivity index (χ0n) is 18.1. The monoisotopic (exact) mass is 529 g/mol. The molecule has 1 aliphatic carbocycles. The molecule has 0 radical (unpaired) electrons. The number of ether oxygens (including phenoxy) is 1. The molecule has 0 amide bonds. The zero-order valence-corrected chi connectivity index (χ0v) is 20.2. The van der Waals surface area contributed by atoms with Gasteiger partial charge < -0.3 is 4.74 Å². The van der Waals surface area contributed by atoms with Crippen molar-refractivity contribution in [3.8, 4) is 5.75 Å². The number of para-hydroxylation sites is 1. The minimum absolute atomic E-state index is 0.103. The highest BCUT2D eigenvalue weighted by molar-refractivity contribution is 14.1. The van der Waals surface area contributed by atoms with Crippen molar-refractivity contribution in [3.63, 3.8) is 0 Å². The van der Waals surface area contributed by atoms with Crippen molar-refractivity contribution in [2.24, 2.45) is 5.10 Å². The summed E-state index contributed by atoms with van der Waals surface area (Å²) in [7, 11) is 0. The number of nitrogens with zero attached hydrogens (tertiary/aromatic N) is 3. The van der Waals surface area contributed by atoms with Crippen molar-refractivity contribution < 1.29 is 4.74 Å². The van der Waals surface area contributed by atoms with Crippen LogP contribution in [0.15, 0.2) is 52.4 Å². The van der Waals surface area contributed by atoms with Crippen LogP contribution in [-0.2, 0) is 0 Å². The van der Waals surface area contributed by atoms with Crippen LogP contribution >= 0.6 is 22.6 Å². The third-order valence-electron chi connectivity index (χ3n) is 5.93. The van der Waals surface area contributed by atoms with Crippen LogP contribution in [0.3, 0.4) is 0 Å². The molecule has 1 aromatic heterocycles. The van der Waals surface area contributed by atoms with Crippen LogP contribution in [-0.4, -0.2) is 22.0 Å². The van der Waals surface area contributed by atoms with Gasteiger partial charge in [-0.3, -0.25) is 4.79 Å². The van der Waals surface area contributed by atoms with E-state index in [0.29, 0.717) is 5.39 Å². The molecule has 1 aliphatic rings. The van der Waals surface area contributed by atoms with E-state index in [-0.39, 0.29) is 17.6 Å². The van der Waals surface area contributed by atoms with Gasteiger partial charge in [-0.2, -0.15) is 9.78 Å². The van der Waals surface area contributed by atoms with E-state index in [1.54, 1.807) is 6.21 Å². The number of rotatable bonds is 6. The van der Waals surface area contributed by atoms with E-state index in [2.05, 4.69) is 41.5 Å². The topological polar surface area (TPSA) is 56.5 Å². The summed E-state index contributed by atoms with van der Waals surface area (Å²) >= 11 is 2.28. The van der Waals surface area contributed by atoms with E-state index < -0.39 is 0 Å². The fourth-order valence-corrected chi connectivity index (χ4v) is 4.66. The quantitative estimate of drug-likeness (QED) is 0.286. The Morgan fingerprint density at radius 3 is 2.74 bits per heavy atom. The Morgan fingerprint density at radius 1 is 1.23 bits per heavy atom. The highest BCUT2D eigenvalue weighted by atomic mass is 127. The Labute approximate surface area is 196 Å². The number of hydrogen-bond donors (Lipinski definition) is 0. The Bertz CT molecular complexity index is 1150. The Morgan fingerprint density at radius 2 is 2.00 bits per heavy atom. The molecule has 0 spiro atoms. The van der Waals surface area contributed by atoms with Crippen molar-refractivity contribution in [1.82, 2.24) is 9.66 Å². The van der Waals surface area contributed by atoms with Gasteiger partial charge in [0.15, 0.2) is 0 Å². The molecule has 6 heteroatoms. The highest BCUT2D eigenvalue weighted by Gasteiger charge is 2.22. The summed E-state index contributed by atoms with van der Waals surface area (Å²) in [4.78, 5) is 18.1. The Kier molecular flexibility index (Phi) is 7.05. The van der Waals surface area contributed by atoms with E-state index in [9.17, 15) is 4.79 Å². The molecule has 2 aromatic carbocycles. The molecular weight excluding hydrogens is 501 g/mol. The molecule has 0 N–H and O–H groups in total. The summed E-state index contributed by atoms with van der Waals surface area (Å²) in [5, 5.41) is 5.22. The summed E-state index contributed by atoms with van der Waals surface area (Å²) in [6, 6.07) is 13.5. The molecule has 0 unspecified atom stereocenters. The molecule has 0 bridgehead atoms. The number of fused-ring (bicyclic) bond motifs is 1. The Balaban J connectivity index is 1.71. The largest absolute Gasteiger partial charge is 0.490 e. The first-order chi connectivity index (χ1) is 15.1. The first kappa shape index (κ1) is 22.0. The smallest absolute Gasteiger partial charge is 0.282 e. The maximum Gasteiger partial charge on any atom is 0.282 e. The van der Waals surface area contributed by atoms with Crippen LogP contribution in [0, 0.1) is 3.57 Å².